The standard InChI is InChI=1S/C15H22N2O2.ClH/c1-2-19-15(18)13-8-9-17(11-14(13)16)10-12-6-4-3-5-7-12;/h3-7,13-14H,2,8-11,16H2,1H3;1H/t13?,14-;/m1./s1. The first-order valence-corrected chi connectivity index (χ1v) is 6.89. The lowest BCUT2D eigenvalue weighted by Gasteiger charge is -2.35. The number of esters is 1. The van der Waals surface area contributed by atoms with Gasteiger partial charge in [-0.15, -0.1) is 12.4 Å². The summed E-state index contributed by atoms with van der Waals surface area (Å²) in [5, 5.41) is 0. The monoisotopic (exact) mass is 298 g/mol. The van der Waals surface area contributed by atoms with Crippen molar-refractivity contribution in [2.24, 2.45) is 11.7 Å². The van der Waals surface area contributed by atoms with Crippen molar-refractivity contribution in [3.8, 4) is 0 Å². The number of piperidine rings is 1. The molecular weight excluding hydrogens is 276 g/mol. The minimum Gasteiger partial charge on any atom is -0.466 e. The van der Waals surface area contributed by atoms with Crippen LogP contribution in [0, 0.1) is 5.92 Å². The molecule has 0 aliphatic carbocycles. The number of carbonyl (C=O) groups is 1. The van der Waals surface area contributed by atoms with Crippen molar-refractivity contribution in [2.75, 3.05) is 19.7 Å². The number of nitrogens with zero attached hydrogens (tertiary/aromatic N) is 1. The summed E-state index contributed by atoms with van der Waals surface area (Å²) in [5.74, 6) is -0.290. The van der Waals surface area contributed by atoms with Crippen molar-refractivity contribution in [2.45, 2.75) is 25.9 Å². The summed E-state index contributed by atoms with van der Waals surface area (Å²) in [4.78, 5) is 14.1. The van der Waals surface area contributed by atoms with Gasteiger partial charge < -0.3 is 10.5 Å². The van der Waals surface area contributed by atoms with E-state index in [4.69, 9.17) is 10.5 Å². The van der Waals surface area contributed by atoms with E-state index in [1.165, 1.54) is 5.56 Å². The highest BCUT2D eigenvalue weighted by molar-refractivity contribution is 5.85. The molecule has 1 fully saturated rings. The van der Waals surface area contributed by atoms with Crippen molar-refractivity contribution in [1.29, 1.82) is 0 Å². The number of hydrogen-bond donors (Lipinski definition) is 1. The van der Waals surface area contributed by atoms with Crippen LogP contribution in [0.5, 0.6) is 0 Å². The SMILES string of the molecule is CCOC(=O)C1CCN(Cc2ccccc2)C[C@H]1N.Cl. The molecule has 1 aliphatic heterocycles. The lowest BCUT2D eigenvalue weighted by atomic mass is 9.92. The number of ether oxygens (including phenoxy) is 1. The van der Waals surface area contributed by atoms with Crippen molar-refractivity contribution in [3.63, 3.8) is 0 Å². The Labute approximate surface area is 126 Å². The van der Waals surface area contributed by atoms with Gasteiger partial charge in [0.15, 0.2) is 0 Å². The van der Waals surface area contributed by atoms with E-state index in [1.54, 1.807) is 0 Å². The molecule has 0 aromatic heterocycles. The Morgan fingerprint density at radius 2 is 2.10 bits per heavy atom. The second-order valence-electron chi connectivity index (χ2n) is 5.03. The van der Waals surface area contributed by atoms with E-state index in [0.717, 1.165) is 26.1 Å². The molecule has 0 saturated carbocycles. The Balaban J connectivity index is 0.00000200. The van der Waals surface area contributed by atoms with Crippen molar-refractivity contribution < 1.29 is 9.53 Å². The normalized spacial score (nSPS) is 22.9. The van der Waals surface area contributed by atoms with Gasteiger partial charge in [-0.2, -0.15) is 0 Å². The molecule has 2 atom stereocenters. The van der Waals surface area contributed by atoms with Crippen LogP contribution in [0.3, 0.4) is 0 Å². The third-order valence-electron chi connectivity index (χ3n) is 3.58. The summed E-state index contributed by atoms with van der Waals surface area (Å²) in [6.07, 6.45) is 0.785. The summed E-state index contributed by atoms with van der Waals surface area (Å²) in [5.41, 5.74) is 7.39. The number of hydrogen-bond acceptors (Lipinski definition) is 4. The number of nitrogens with two attached hydrogens (primary N) is 1. The zero-order valence-electron chi connectivity index (χ0n) is 11.8. The average Bonchev–Trinajstić information content (AvgIpc) is 2.40. The Morgan fingerprint density at radius 3 is 2.70 bits per heavy atom. The fourth-order valence-electron chi connectivity index (χ4n) is 2.58. The molecule has 2 N–H and O–H groups in total. The molecule has 5 heteroatoms. The minimum absolute atomic E-state index is 0. The predicted molar refractivity (Wildman–Crippen MR) is 81.7 cm³/mol. The van der Waals surface area contributed by atoms with Crippen LogP contribution in [-0.4, -0.2) is 36.6 Å². The molecular formula is C15H23ClN2O2. The maximum Gasteiger partial charge on any atom is 0.310 e. The van der Waals surface area contributed by atoms with Gasteiger partial charge in [-0.05, 0) is 25.5 Å². The van der Waals surface area contributed by atoms with Crippen LogP contribution in [-0.2, 0) is 16.1 Å². The van der Waals surface area contributed by atoms with Gasteiger partial charge in [0.2, 0.25) is 0 Å². The number of benzene rings is 1. The Morgan fingerprint density at radius 1 is 1.40 bits per heavy atom. The van der Waals surface area contributed by atoms with E-state index in [9.17, 15) is 4.79 Å². The maximum atomic E-state index is 11.8. The lowest BCUT2D eigenvalue weighted by Crippen LogP contribution is -2.51. The molecule has 0 amide bonds. The number of likely N-dealkylation sites (tertiary alicyclic amines) is 1. The van der Waals surface area contributed by atoms with Gasteiger partial charge in [-0.25, -0.2) is 0 Å². The van der Waals surface area contributed by atoms with Crippen LogP contribution in [0.2, 0.25) is 0 Å². The highest BCUT2D eigenvalue weighted by Crippen LogP contribution is 2.19. The Hall–Kier alpha value is -1.10. The van der Waals surface area contributed by atoms with Crippen LogP contribution in [0.4, 0.5) is 0 Å². The van der Waals surface area contributed by atoms with E-state index in [-0.39, 0.29) is 30.3 Å². The first kappa shape index (κ1) is 17.0. The van der Waals surface area contributed by atoms with E-state index in [1.807, 2.05) is 25.1 Å². The third kappa shape index (κ3) is 4.47. The molecule has 20 heavy (non-hydrogen) atoms. The van der Waals surface area contributed by atoms with Gasteiger partial charge in [-0.1, -0.05) is 30.3 Å². The first-order valence-electron chi connectivity index (χ1n) is 6.89. The van der Waals surface area contributed by atoms with E-state index in [2.05, 4.69) is 17.0 Å². The summed E-state index contributed by atoms with van der Waals surface area (Å²) < 4.78 is 5.07. The van der Waals surface area contributed by atoms with E-state index < -0.39 is 0 Å². The Kier molecular flexibility index (Phi) is 6.99. The molecule has 1 aromatic carbocycles. The van der Waals surface area contributed by atoms with Crippen molar-refractivity contribution >= 4 is 18.4 Å². The first-order chi connectivity index (χ1) is 9.20. The van der Waals surface area contributed by atoms with Gasteiger partial charge in [0, 0.05) is 19.1 Å². The van der Waals surface area contributed by atoms with Crippen LogP contribution in [0.1, 0.15) is 18.9 Å². The highest BCUT2D eigenvalue weighted by Gasteiger charge is 2.32. The van der Waals surface area contributed by atoms with Gasteiger partial charge in [0.25, 0.3) is 0 Å². The summed E-state index contributed by atoms with van der Waals surface area (Å²) in [6, 6.07) is 10.2. The average molecular weight is 299 g/mol. The molecule has 1 heterocycles. The topological polar surface area (TPSA) is 55.6 Å². The molecule has 2 rings (SSSR count). The van der Waals surface area contributed by atoms with Crippen LogP contribution in [0.15, 0.2) is 30.3 Å². The van der Waals surface area contributed by atoms with Gasteiger partial charge in [-0.3, -0.25) is 9.69 Å². The van der Waals surface area contributed by atoms with Crippen LogP contribution in [0.25, 0.3) is 0 Å². The number of rotatable bonds is 4. The van der Waals surface area contributed by atoms with Gasteiger partial charge >= 0.3 is 5.97 Å². The Bertz CT molecular complexity index is 414. The quantitative estimate of drug-likeness (QED) is 0.862. The summed E-state index contributed by atoms with van der Waals surface area (Å²) in [6.45, 7) is 4.79. The van der Waals surface area contributed by atoms with E-state index >= 15 is 0 Å². The van der Waals surface area contributed by atoms with E-state index in [0.29, 0.717) is 6.61 Å². The fourth-order valence-corrected chi connectivity index (χ4v) is 2.58. The fraction of sp³-hybridized carbons (Fsp3) is 0.533. The van der Waals surface area contributed by atoms with Crippen molar-refractivity contribution in [3.05, 3.63) is 35.9 Å². The lowest BCUT2D eigenvalue weighted by molar-refractivity contribution is -0.150. The van der Waals surface area contributed by atoms with Crippen LogP contribution < -0.4 is 5.73 Å². The molecule has 1 aliphatic rings. The van der Waals surface area contributed by atoms with Crippen molar-refractivity contribution in [1.82, 2.24) is 4.90 Å². The number of carbonyl (C=O) groups excluding carboxylic acids is 1. The predicted octanol–water partition coefficient (Wildman–Crippen LogP) is 1.82. The second kappa shape index (κ2) is 8.25. The molecule has 112 valence electrons. The molecule has 0 spiro atoms. The molecule has 0 radical (unpaired) electrons. The zero-order valence-corrected chi connectivity index (χ0v) is 12.6. The molecule has 0 bridgehead atoms. The minimum atomic E-state index is -0.146. The molecule has 1 saturated heterocycles. The van der Waals surface area contributed by atoms with Crippen LogP contribution >= 0.6 is 12.4 Å². The summed E-state index contributed by atoms with van der Waals surface area (Å²) in [7, 11) is 0. The molecule has 1 aromatic rings. The second-order valence-corrected chi connectivity index (χ2v) is 5.03. The van der Waals surface area contributed by atoms with Gasteiger partial charge in [0.05, 0.1) is 12.5 Å². The molecule has 4 nitrogen and oxygen atoms in total. The smallest absolute Gasteiger partial charge is 0.310 e. The summed E-state index contributed by atoms with van der Waals surface area (Å²) >= 11 is 0. The zero-order chi connectivity index (χ0) is 13.7. The maximum absolute atomic E-state index is 11.8. The highest BCUT2D eigenvalue weighted by atomic mass is 35.5. The largest absolute Gasteiger partial charge is 0.466 e. The molecule has 1 unspecified atom stereocenters. The third-order valence-corrected chi connectivity index (χ3v) is 3.58. The number of halogens is 1. The van der Waals surface area contributed by atoms with Gasteiger partial charge in [0.1, 0.15) is 0 Å².